The van der Waals surface area contributed by atoms with Gasteiger partial charge in [0.1, 0.15) is 0 Å². The number of hydrogen-bond donors (Lipinski definition) is 0. The molecule has 14 heavy (non-hydrogen) atoms. The molecule has 0 aromatic carbocycles. The van der Waals surface area contributed by atoms with Crippen LogP contribution in [0.25, 0.3) is 5.65 Å². The molecule has 0 atom stereocenters. The molecule has 72 valence electrons. The van der Waals surface area contributed by atoms with E-state index in [2.05, 4.69) is 4.98 Å². The van der Waals surface area contributed by atoms with Gasteiger partial charge in [0, 0.05) is 18.5 Å². The van der Waals surface area contributed by atoms with Crippen LogP contribution < -0.4 is 0 Å². The van der Waals surface area contributed by atoms with Crippen LogP contribution in [0.4, 0.5) is 5.69 Å². The Kier molecular flexibility index (Phi) is 2.09. The van der Waals surface area contributed by atoms with Crippen molar-refractivity contribution in [3.05, 3.63) is 40.3 Å². The zero-order chi connectivity index (χ0) is 10.1. The number of hydrogen-bond acceptors (Lipinski definition) is 3. The molecule has 0 saturated heterocycles. The summed E-state index contributed by atoms with van der Waals surface area (Å²) in [4.78, 5) is 14.2. The second-order valence-electron chi connectivity index (χ2n) is 2.75. The molecular formula is C8H6ClN3O2. The van der Waals surface area contributed by atoms with Crippen molar-refractivity contribution >= 4 is 22.9 Å². The van der Waals surface area contributed by atoms with Crippen molar-refractivity contribution in [3.8, 4) is 0 Å². The number of rotatable bonds is 2. The molecule has 0 fully saturated rings. The van der Waals surface area contributed by atoms with Crippen molar-refractivity contribution in [1.29, 1.82) is 0 Å². The molecule has 5 nitrogen and oxygen atoms in total. The number of pyridine rings is 1. The van der Waals surface area contributed by atoms with E-state index in [1.165, 1.54) is 6.07 Å². The summed E-state index contributed by atoms with van der Waals surface area (Å²) in [6.45, 7) is 0. The van der Waals surface area contributed by atoms with E-state index in [1.54, 1.807) is 22.9 Å². The lowest BCUT2D eigenvalue weighted by molar-refractivity contribution is -0.383. The highest BCUT2D eigenvalue weighted by Gasteiger charge is 2.13. The van der Waals surface area contributed by atoms with Gasteiger partial charge in [0.25, 0.3) is 0 Å². The average Bonchev–Trinajstić information content (AvgIpc) is 2.59. The molecule has 0 bridgehead atoms. The Morgan fingerprint density at radius 3 is 3.07 bits per heavy atom. The minimum absolute atomic E-state index is 0.0103. The number of alkyl halides is 1. The van der Waals surface area contributed by atoms with Gasteiger partial charge in [-0.15, -0.1) is 11.6 Å². The summed E-state index contributed by atoms with van der Waals surface area (Å²) in [6.07, 6.45) is 3.38. The van der Waals surface area contributed by atoms with Crippen LogP contribution in [0, 0.1) is 10.1 Å². The molecule has 2 rings (SSSR count). The summed E-state index contributed by atoms with van der Waals surface area (Å²) in [5, 5.41) is 10.6. The first-order valence-electron chi connectivity index (χ1n) is 3.89. The maximum absolute atomic E-state index is 10.6. The van der Waals surface area contributed by atoms with E-state index < -0.39 is 4.92 Å². The van der Waals surface area contributed by atoms with Gasteiger partial charge >= 0.3 is 5.69 Å². The highest BCUT2D eigenvalue weighted by molar-refractivity contribution is 6.16. The average molecular weight is 212 g/mol. The van der Waals surface area contributed by atoms with E-state index in [0.717, 1.165) is 0 Å². The summed E-state index contributed by atoms with van der Waals surface area (Å²) < 4.78 is 1.59. The van der Waals surface area contributed by atoms with Crippen LogP contribution in [0.5, 0.6) is 0 Å². The number of fused-ring (bicyclic) bond motifs is 1. The van der Waals surface area contributed by atoms with Gasteiger partial charge in [-0.1, -0.05) is 0 Å². The van der Waals surface area contributed by atoms with Gasteiger partial charge in [0.05, 0.1) is 16.5 Å². The first-order valence-corrected chi connectivity index (χ1v) is 4.43. The van der Waals surface area contributed by atoms with Gasteiger partial charge in [-0.25, -0.2) is 4.98 Å². The van der Waals surface area contributed by atoms with Crippen LogP contribution in [0.1, 0.15) is 5.69 Å². The van der Waals surface area contributed by atoms with Crippen LogP contribution >= 0.6 is 11.6 Å². The Bertz CT molecular complexity index is 494. The quantitative estimate of drug-likeness (QED) is 0.434. The van der Waals surface area contributed by atoms with E-state index in [4.69, 9.17) is 11.6 Å². The highest BCUT2D eigenvalue weighted by Crippen LogP contribution is 2.18. The molecule has 2 aromatic heterocycles. The number of imidazole rings is 1. The molecule has 0 saturated carbocycles. The lowest BCUT2D eigenvalue weighted by Gasteiger charge is -1.92. The molecule has 0 amide bonds. The zero-order valence-corrected chi connectivity index (χ0v) is 7.81. The fraction of sp³-hybridized carbons (Fsp3) is 0.125. The summed E-state index contributed by atoms with van der Waals surface area (Å²) in [5.74, 6) is 0.249. The van der Waals surface area contributed by atoms with E-state index in [1.807, 2.05) is 0 Å². The fourth-order valence-electron chi connectivity index (χ4n) is 1.26. The third-order valence-corrected chi connectivity index (χ3v) is 2.12. The smallest absolute Gasteiger partial charge is 0.301 e. The van der Waals surface area contributed by atoms with Crippen molar-refractivity contribution < 1.29 is 4.92 Å². The molecule has 0 unspecified atom stereocenters. The van der Waals surface area contributed by atoms with Gasteiger partial charge in [0.15, 0.2) is 0 Å². The molecule has 0 N–H and O–H groups in total. The monoisotopic (exact) mass is 211 g/mol. The van der Waals surface area contributed by atoms with E-state index >= 15 is 0 Å². The van der Waals surface area contributed by atoms with Crippen molar-refractivity contribution in [3.63, 3.8) is 0 Å². The van der Waals surface area contributed by atoms with Gasteiger partial charge in [0.2, 0.25) is 5.65 Å². The van der Waals surface area contributed by atoms with Gasteiger partial charge in [-0.3, -0.25) is 10.1 Å². The van der Waals surface area contributed by atoms with Crippen molar-refractivity contribution in [1.82, 2.24) is 9.38 Å². The van der Waals surface area contributed by atoms with E-state index in [9.17, 15) is 10.1 Å². The lowest BCUT2D eigenvalue weighted by Crippen LogP contribution is -1.92. The predicted molar refractivity (Wildman–Crippen MR) is 51.4 cm³/mol. The first-order chi connectivity index (χ1) is 6.72. The highest BCUT2D eigenvalue weighted by atomic mass is 35.5. The van der Waals surface area contributed by atoms with Crippen molar-refractivity contribution in [2.75, 3.05) is 0 Å². The fourth-order valence-corrected chi connectivity index (χ4v) is 1.38. The maximum atomic E-state index is 10.6. The topological polar surface area (TPSA) is 60.4 Å². The molecule has 0 aliphatic rings. The van der Waals surface area contributed by atoms with Crippen molar-refractivity contribution in [2.24, 2.45) is 0 Å². The van der Waals surface area contributed by atoms with Crippen LogP contribution in [0.15, 0.2) is 24.5 Å². The largest absolute Gasteiger partial charge is 0.312 e. The molecule has 2 heterocycles. The minimum Gasteiger partial charge on any atom is -0.301 e. The molecular weight excluding hydrogens is 206 g/mol. The van der Waals surface area contributed by atoms with Gasteiger partial charge < -0.3 is 4.40 Å². The Morgan fingerprint density at radius 2 is 2.43 bits per heavy atom. The molecule has 0 aliphatic carbocycles. The number of nitrogens with zero attached hydrogens (tertiary/aromatic N) is 3. The van der Waals surface area contributed by atoms with Crippen LogP contribution in [0.2, 0.25) is 0 Å². The summed E-state index contributed by atoms with van der Waals surface area (Å²) in [6, 6.07) is 3.02. The Morgan fingerprint density at radius 1 is 1.64 bits per heavy atom. The third-order valence-electron chi connectivity index (χ3n) is 1.85. The van der Waals surface area contributed by atoms with Crippen LogP contribution in [-0.2, 0) is 5.88 Å². The van der Waals surface area contributed by atoms with Gasteiger partial charge in [-0.2, -0.15) is 0 Å². The SMILES string of the molecule is O=[N+]([O-])c1cccn2cc(CCl)nc12. The molecule has 6 heteroatoms. The molecule has 0 aliphatic heterocycles. The Hall–Kier alpha value is -1.62. The second-order valence-corrected chi connectivity index (χ2v) is 3.01. The van der Waals surface area contributed by atoms with E-state index in [0.29, 0.717) is 11.3 Å². The maximum Gasteiger partial charge on any atom is 0.312 e. The number of aromatic nitrogens is 2. The molecule has 0 spiro atoms. The summed E-state index contributed by atoms with van der Waals surface area (Å²) in [5.41, 5.74) is 0.943. The van der Waals surface area contributed by atoms with Gasteiger partial charge in [-0.05, 0) is 6.07 Å². The number of halogens is 1. The number of nitro groups is 1. The van der Waals surface area contributed by atoms with E-state index in [-0.39, 0.29) is 11.6 Å². The standard InChI is InChI=1S/C8H6ClN3O2/c9-4-6-5-11-3-1-2-7(12(13)14)8(11)10-6/h1-3,5H,4H2. The molecule has 0 radical (unpaired) electrons. The Balaban J connectivity index is 2.73. The second kappa shape index (κ2) is 3.26. The van der Waals surface area contributed by atoms with Crippen molar-refractivity contribution in [2.45, 2.75) is 5.88 Å². The first kappa shape index (κ1) is 8.96. The van der Waals surface area contributed by atoms with Crippen LogP contribution in [-0.4, -0.2) is 14.3 Å². The third kappa shape index (κ3) is 1.31. The van der Waals surface area contributed by atoms with Crippen LogP contribution in [0.3, 0.4) is 0 Å². The lowest BCUT2D eigenvalue weighted by atomic mass is 10.4. The normalized spacial score (nSPS) is 10.6. The molecule has 2 aromatic rings. The predicted octanol–water partition coefficient (Wildman–Crippen LogP) is 1.98. The minimum atomic E-state index is -0.458. The summed E-state index contributed by atoms with van der Waals surface area (Å²) >= 11 is 5.58. The Labute approximate surface area is 84.1 Å². The summed E-state index contributed by atoms with van der Waals surface area (Å²) in [7, 11) is 0. The zero-order valence-electron chi connectivity index (χ0n) is 7.05.